The number of hydrogen-bond donors (Lipinski definition) is 0. The monoisotopic (exact) mass is 398 g/mol. The molecule has 0 fully saturated rings. The maximum Gasteiger partial charge on any atom is 0.433 e. The number of esters is 1. The number of benzene rings is 2. The van der Waals surface area contributed by atoms with Gasteiger partial charge in [0.05, 0.1) is 13.2 Å². The van der Waals surface area contributed by atoms with Crippen LogP contribution in [0.2, 0.25) is 0 Å². The summed E-state index contributed by atoms with van der Waals surface area (Å²) < 4.78 is 14.8. The number of methoxy groups -OCH3 is 1. The fraction of sp³-hybridized carbons (Fsp3) is 0.200. The summed E-state index contributed by atoms with van der Waals surface area (Å²) in [5.41, 5.74) is 0.909. The first kappa shape index (κ1) is 19.9. The number of furan rings is 1. The van der Waals surface area contributed by atoms with Gasteiger partial charge in [-0.1, -0.05) is 18.2 Å². The van der Waals surface area contributed by atoms with E-state index in [1.165, 1.54) is 4.90 Å². The molecule has 3 aromatic rings. The highest BCUT2D eigenvalue weighted by molar-refractivity contribution is 5.89. The Balaban J connectivity index is 1.57. The number of amides is 1. The van der Waals surface area contributed by atoms with Gasteiger partial charge in [-0.3, -0.25) is 14.9 Å². The Hall–Kier alpha value is -3.88. The van der Waals surface area contributed by atoms with Crippen LogP contribution in [0.3, 0.4) is 0 Å². The van der Waals surface area contributed by atoms with E-state index >= 15 is 0 Å². The molecule has 150 valence electrons. The summed E-state index contributed by atoms with van der Waals surface area (Å²) in [5.74, 6) is -1.51. The van der Waals surface area contributed by atoms with Gasteiger partial charge < -0.3 is 18.8 Å². The van der Waals surface area contributed by atoms with E-state index in [1.54, 1.807) is 14.2 Å². The molecule has 29 heavy (non-hydrogen) atoms. The van der Waals surface area contributed by atoms with Gasteiger partial charge in [-0.05, 0) is 40.6 Å². The maximum atomic E-state index is 12.2. The minimum atomic E-state index is -0.945. The third-order valence-corrected chi connectivity index (χ3v) is 4.26. The zero-order valence-electron chi connectivity index (χ0n) is 15.8. The lowest BCUT2D eigenvalue weighted by Gasteiger charge is -2.17. The van der Waals surface area contributed by atoms with Gasteiger partial charge in [-0.25, -0.2) is 4.79 Å². The number of nitro groups is 1. The lowest BCUT2D eigenvalue weighted by atomic mass is 10.1. The van der Waals surface area contributed by atoms with E-state index in [9.17, 15) is 19.7 Å². The van der Waals surface area contributed by atoms with E-state index < -0.39 is 29.3 Å². The molecule has 1 heterocycles. The van der Waals surface area contributed by atoms with Crippen LogP contribution < -0.4 is 4.74 Å². The normalized spacial score (nSPS) is 10.6. The predicted octanol–water partition coefficient (Wildman–Crippen LogP) is 3.17. The number of ether oxygens (including phenoxy) is 2. The van der Waals surface area contributed by atoms with Crippen LogP contribution in [-0.4, -0.2) is 42.5 Å². The van der Waals surface area contributed by atoms with Crippen LogP contribution in [0.25, 0.3) is 10.8 Å². The Morgan fingerprint density at radius 2 is 1.83 bits per heavy atom. The smallest absolute Gasteiger partial charge is 0.433 e. The van der Waals surface area contributed by atoms with Crippen LogP contribution in [0.1, 0.15) is 16.1 Å². The number of hydrogen-bond acceptors (Lipinski definition) is 7. The molecule has 0 saturated carbocycles. The van der Waals surface area contributed by atoms with E-state index in [0.29, 0.717) is 6.54 Å². The molecule has 1 aromatic heterocycles. The molecule has 0 aliphatic heterocycles. The molecule has 3 rings (SSSR count). The molecular weight excluding hydrogens is 380 g/mol. The Labute approximate surface area is 165 Å². The predicted molar refractivity (Wildman–Crippen MR) is 103 cm³/mol. The van der Waals surface area contributed by atoms with Crippen molar-refractivity contribution in [3.8, 4) is 5.75 Å². The van der Waals surface area contributed by atoms with Gasteiger partial charge in [0.2, 0.25) is 5.76 Å². The molecule has 0 aliphatic carbocycles. The third-order valence-electron chi connectivity index (χ3n) is 4.26. The minimum absolute atomic E-state index is 0.324. The highest BCUT2D eigenvalue weighted by Crippen LogP contribution is 2.22. The maximum absolute atomic E-state index is 12.2. The second-order valence-electron chi connectivity index (χ2n) is 6.27. The Morgan fingerprint density at radius 3 is 2.52 bits per heavy atom. The van der Waals surface area contributed by atoms with E-state index in [4.69, 9.17) is 13.9 Å². The number of carbonyl (C=O) groups is 2. The van der Waals surface area contributed by atoms with Crippen molar-refractivity contribution in [1.82, 2.24) is 4.90 Å². The Morgan fingerprint density at radius 1 is 1.10 bits per heavy atom. The van der Waals surface area contributed by atoms with Gasteiger partial charge >= 0.3 is 11.9 Å². The molecule has 0 spiro atoms. The fourth-order valence-corrected chi connectivity index (χ4v) is 2.70. The quantitative estimate of drug-likeness (QED) is 0.341. The van der Waals surface area contributed by atoms with Crippen molar-refractivity contribution in [3.05, 3.63) is 70.0 Å². The van der Waals surface area contributed by atoms with Crippen molar-refractivity contribution in [2.45, 2.75) is 6.54 Å². The Bertz CT molecular complexity index is 1070. The lowest BCUT2D eigenvalue weighted by Crippen LogP contribution is -2.30. The topological polar surface area (TPSA) is 112 Å². The number of likely N-dealkylation sites (N-methyl/N-ethyl adjacent to an activating group) is 1. The van der Waals surface area contributed by atoms with Crippen LogP contribution in [0.5, 0.6) is 5.75 Å². The summed E-state index contributed by atoms with van der Waals surface area (Å²) in [6.45, 7) is -0.181. The molecule has 0 aliphatic rings. The van der Waals surface area contributed by atoms with Crippen molar-refractivity contribution in [1.29, 1.82) is 0 Å². The highest BCUT2D eigenvalue weighted by Gasteiger charge is 2.20. The molecule has 0 bridgehead atoms. The number of rotatable bonds is 7. The summed E-state index contributed by atoms with van der Waals surface area (Å²) in [6.07, 6.45) is 0. The van der Waals surface area contributed by atoms with Crippen molar-refractivity contribution in [2.75, 3.05) is 20.8 Å². The molecular formula is C20H18N2O7. The van der Waals surface area contributed by atoms with Gasteiger partial charge in [0, 0.05) is 13.6 Å². The van der Waals surface area contributed by atoms with Gasteiger partial charge in [0.1, 0.15) is 10.7 Å². The average molecular weight is 398 g/mol. The van der Waals surface area contributed by atoms with E-state index in [-0.39, 0.29) is 5.76 Å². The molecule has 2 aromatic carbocycles. The lowest BCUT2D eigenvalue weighted by molar-refractivity contribution is -0.402. The molecule has 9 heteroatoms. The summed E-state index contributed by atoms with van der Waals surface area (Å²) in [4.78, 5) is 35.3. The summed E-state index contributed by atoms with van der Waals surface area (Å²) in [6, 6.07) is 13.7. The summed E-state index contributed by atoms with van der Waals surface area (Å²) in [7, 11) is 3.20. The van der Waals surface area contributed by atoms with Crippen LogP contribution in [-0.2, 0) is 16.1 Å². The number of carbonyl (C=O) groups excluding carboxylic acids is 2. The zero-order valence-corrected chi connectivity index (χ0v) is 15.8. The molecule has 0 N–H and O–H groups in total. The second kappa shape index (κ2) is 8.42. The van der Waals surface area contributed by atoms with Gasteiger partial charge in [-0.15, -0.1) is 0 Å². The van der Waals surface area contributed by atoms with Gasteiger partial charge in [-0.2, -0.15) is 0 Å². The van der Waals surface area contributed by atoms with Crippen molar-refractivity contribution >= 4 is 28.5 Å². The standard InChI is InChI=1S/C20H18N2O7/c1-21(11-13-3-4-15-10-16(27-2)6-5-14(15)9-13)18(23)12-28-20(24)17-7-8-19(29-17)22(25)26/h3-10H,11-12H2,1-2H3. The van der Waals surface area contributed by atoms with Crippen molar-refractivity contribution in [2.24, 2.45) is 0 Å². The van der Waals surface area contributed by atoms with Gasteiger partial charge in [0.15, 0.2) is 6.61 Å². The van der Waals surface area contributed by atoms with Crippen molar-refractivity contribution < 1.29 is 28.4 Å². The van der Waals surface area contributed by atoms with Crippen LogP contribution >= 0.6 is 0 Å². The second-order valence-corrected chi connectivity index (χ2v) is 6.27. The largest absolute Gasteiger partial charge is 0.497 e. The van der Waals surface area contributed by atoms with E-state index in [0.717, 1.165) is 34.2 Å². The first-order chi connectivity index (χ1) is 13.9. The zero-order chi connectivity index (χ0) is 21.0. The molecule has 9 nitrogen and oxygen atoms in total. The molecule has 0 saturated heterocycles. The van der Waals surface area contributed by atoms with E-state index in [2.05, 4.69) is 0 Å². The molecule has 0 atom stereocenters. The number of fused-ring (bicyclic) bond motifs is 1. The highest BCUT2D eigenvalue weighted by atomic mass is 16.7. The summed E-state index contributed by atoms with van der Waals surface area (Å²) in [5, 5.41) is 12.6. The third kappa shape index (κ3) is 4.70. The first-order valence-corrected chi connectivity index (χ1v) is 8.59. The molecule has 0 radical (unpaired) electrons. The SMILES string of the molecule is COc1ccc2cc(CN(C)C(=O)COC(=O)c3ccc([N+](=O)[O-])o3)ccc2c1. The molecule has 0 unspecified atom stereocenters. The fourth-order valence-electron chi connectivity index (χ4n) is 2.70. The van der Waals surface area contributed by atoms with Crippen molar-refractivity contribution in [3.63, 3.8) is 0 Å². The van der Waals surface area contributed by atoms with Crippen LogP contribution in [0.4, 0.5) is 5.88 Å². The molecule has 1 amide bonds. The number of nitrogens with zero attached hydrogens (tertiary/aromatic N) is 2. The van der Waals surface area contributed by atoms with Crippen LogP contribution in [0.15, 0.2) is 52.9 Å². The Kier molecular flexibility index (Phi) is 5.77. The minimum Gasteiger partial charge on any atom is -0.497 e. The van der Waals surface area contributed by atoms with E-state index in [1.807, 2.05) is 36.4 Å². The van der Waals surface area contributed by atoms with Gasteiger partial charge in [0.25, 0.3) is 5.91 Å². The van der Waals surface area contributed by atoms with Crippen LogP contribution in [0, 0.1) is 10.1 Å². The summed E-state index contributed by atoms with van der Waals surface area (Å²) >= 11 is 0. The average Bonchev–Trinajstić information content (AvgIpc) is 3.22. The first-order valence-electron chi connectivity index (χ1n) is 8.59.